The van der Waals surface area contributed by atoms with Gasteiger partial charge in [-0.05, 0) is 115 Å². The van der Waals surface area contributed by atoms with Gasteiger partial charge >= 0.3 is 0 Å². The van der Waals surface area contributed by atoms with Crippen molar-refractivity contribution in [3.63, 3.8) is 0 Å². The fraction of sp³-hybridized carbons (Fsp3) is 0.118. The van der Waals surface area contributed by atoms with Crippen LogP contribution in [0.3, 0.4) is 0 Å². The van der Waals surface area contributed by atoms with Crippen molar-refractivity contribution in [2.75, 3.05) is 0 Å². The molecule has 158 valence electrons. The van der Waals surface area contributed by atoms with Gasteiger partial charge in [0.1, 0.15) is 0 Å². The molecule has 0 nitrogen and oxygen atoms in total. The van der Waals surface area contributed by atoms with E-state index in [4.69, 9.17) is 0 Å². The Morgan fingerprint density at radius 3 is 1.15 bits per heavy atom. The lowest BCUT2D eigenvalue weighted by Crippen LogP contribution is -1.91. The summed E-state index contributed by atoms with van der Waals surface area (Å²) < 4.78 is 0. The summed E-state index contributed by atoms with van der Waals surface area (Å²) in [7, 11) is 0. The van der Waals surface area contributed by atoms with Crippen LogP contribution in [0.25, 0.3) is 44.5 Å². The summed E-state index contributed by atoms with van der Waals surface area (Å²) in [5, 5.41) is 0. The predicted octanol–water partition coefficient (Wildman–Crippen LogP) is 7.97. The van der Waals surface area contributed by atoms with Crippen LogP contribution in [0.4, 0.5) is 0 Å². The Morgan fingerprint density at radius 1 is 0.294 bits per heavy atom. The average molecular weight is 431 g/mol. The molecule has 0 saturated carbocycles. The molecule has 0 aromatic heterocycles. The first-order chi connectivity index (χ1) is 16.8. The van der Waals surface area contributed by atoms with Crippen LogP contribution < -0.4 is 0 Å². The third kappa shape index (κ3) is 2.02. The molecule has 0 amide bonds. The van der Waals surface area contributed by atoms with E-state index in [-0.39, 0.29) is 0 Å². The zero-order valence-electron chi connectivity index (χ0n) is 18.9. The molecule has 4 aliphatic carbocycles. The van der Waals surface area contributed by atoms with E-state index in [2.05, 4.69) is 84.9 Å². The van der Waals surface area contributed by atoms with Crippen LogP contribution in [0.5, 0.6) is 0 Å². The molecule has 4 aliphatic rings. The molecule has 0 N–H and O–H groups in total. The van der Waals surface area contributed by atoms with E-state index in [1.165, 1.54) is 77.9 Å². The van der Waals surface area contributed by atoms with Crippen molar-refractivity contribution >= 4 is 0 Å². The number of fused-ring (bicyclic) bond motifs is 15. The van der Waals surface area contributed by atoms with E-state index in [0.29, 0.717) is 0 Å². The maximum Gasteiger partial charge on any atom is -0.00101 e. The van der Waals surface area contributed by atoms with E-state index < -0.39 is 0 Å². The summed E-state index contributed by atoms with van der Waals surface area (Å²) in [6, 6.07) is 32.5. The van der Waals surface area contributed by atoms with Crippen molar-refractivity contribution in [2.45, 2.75) is 25.7 Å². The van der Waals surface area contributed by atoms with Crippen LogP contribution >= 0.6 is 0 Å². The lowest BCUT2D eigenvalue weighted by Gasteiger charge is -2.13. The third-order valence-electron chi connectivity index (χ3n) is 8.80. The third-order valence-corrected chi connectivity index (χ3v) is 8.80. The van der Waals surface area contributed by atoms with Crippen LogP contribution in [0.15, 0.2) is 84.9 Å². The Hall–Kier alpha value is -3.90. The van der Waals surface area contributed by atoms with E-state index in [1.807, 2.05) is 0 Å². The second-order valence-electron chi connectivity index (χ2n) is 10.4. The fourth-order valence-electron chi connectivity index (χ4n) is 7.39. The molecule has 0 heterocycles. The summed E-state index contributed by atoms with van der Waals surface area (Å²) in [5.74, 6) is 0. The highest BCUT2D eigenvalue weighted by molar-refractivity contribution is 6.00. The summed E-state index contributed by atoms with van der Waals surface area (Å²) in [6.45, 7) is 0. The van der Waals surface area contributed by atoms with Crippen LogP contribution in [0, 0.1) is 0 Å². The molecular weight excluding hydrogens is 408 g/mol. The Balaban J connectivity index is 1.28. The second-order valence-corrected chi connectivity index (χ2v) is 10.4. The monoisotopic (exact) mass is 430 g/mol. The molecule has 5 aromatic carbocycles. The van der Waals surface area contributed by atoms with E-state index in [9.17, 15) is 0 Å². The van der Waals surface area contributed by atoms with Crippen LogP contribution in [0.2, 0.25) is 0 Å². The first-order valence-corrected chi connectivity index (χ1v) is 12.5. The van der Waals surface area contributed by atoms with Crippen molar-refractivity contribution < 1.29 is 0 Å². The van der Waals surface area contributed by atoms with Crippen LogP contribution in [-0.4, -0.2) is 0 Å². The maximum atomic E-state index is 2.44. The molecule has 34 heavy (non-hydrogen) atoms. The van der Waals surface area contributed by atoms with Gasteiger partial charge < -0.3 is 0 Å². The van der Waals surface area contributed by atoms with Gasteiger partial charge in [0.05, 0.1) is 0 Å². The van der Waals surface area contributed by atoms with E-state index in [0.717, 1.165) is 25.7 Å². The topological polar surface area (TPSA) is 0 Å². The minimum atomic E-state index is 1.07. The van der Waals surface area contributed by atoms with Crippen LogP contribution in [-0.2, 0) is 25.7 Å². The van der Waals surface area contributed by atoms with Gasteiger partial charge in [-0.25, -0.2) is 0 Å². The standard InChI is InChI=1S/C34H22/c1-3-7-25-19(5-1)15-21-9-11-23-17-29-27(33(23)31(21)25)13-14-28-30(29)18-24-12-10-22-16-20-6-2-4-8-26(20)32(22)34(24)28/h1-14H,15-18H2. The highest BCUT2D eigenvalue weighted by Gasteiger charge is 2.34. The van der Waals surface area contributed by atoms with Gasteiger partial charge in [-0.15, -0.1) is 0 Å². The first-order valence-electron chi connectivity index (χ1n) is 12.5. The molecule has 5 aromatic rings. The Kier molecular flexibility index (Phi) is 3.08. The Bertz CT molecular complexity index is 1620. The molecule has 0 bridgehead atoms. The first kappa shape index (κ1) is 17.6. The Morgan fingerprint density at radius 2 is 0.676 bits per heavy atom. The van der Waals surface area contributed by atoms with Crippen LogP contribution in [0.1, 0.15) is 44.5 Å². The quantitative estimate of drug-likeness (QED) is 0.229. The summed E-state index contributed by atoms with van der Waals surface area (Å²) in [4.78, 5) is 0. The van der Waals surface area contributed by atoms with Gasteiger partial charge in [0.25, 0.3) is 0 Å². The minimum absolute atomic E-state index is 1.07. The molecule has 0 heteroatoms. The zero-order valence-corrected chi connectivity index (χ0v) is 18.9. The molecule has 0 fully saturated rings. The van der Waals surface area contributed by atoms with Crippen molar-refractivity contribution in [3.05, 3.63) is 129 Å². The summed E-state index contributed by atoms with van der Waals surface area (Å²) >= 11 is 0. The van der Waals surface area contributed by atoms with Gasteiger partial charge in [0, 0.05) is 0 Å². The van der Waals surface area contributed by atoms with E-state index in [1.54, 1.807) is 11.1 Å². The van der Waals surface area contributed by atoms with Crippen molar-refractivity contribution in [1.82, 2.24) is 0 Å². The van der Waals surface area contributed by atoms with Gasteiger partial charge in [-0.1, -0.05) is 84.9 Å². The molecule has 9 rings (SSSR count). The smallest absolute Gasteiger partial charge is 0.00101 e. The predicted molar refractivity (Wildman–Crippen MR) is 139 cm³/mol. The lowest BCUT2D eigenvalue weighted by atomic mass is 9.90. The molecular formula is C34H22. The van der Waals surface area contributed by atoms with Crippen molar-refractivity contribution in [2.24, 2.45) is 0 Å². The van der Waals surface area contributed by atoms with E-state index >= 15 is 0 Å². The lowest BCUT2D eigenvalue weighted by molar-refractivity contribution is 1.16. The maximum absolute atomic E-state index is 2.44. The van der Waals surface area contributed by atoms with Gasteiger partial charge in [-0.2, -0.15) is 0 Å². The second kappa shape index (κ2) is 5.96. The van der Waals surface area contributed by atoms with Crippen molar-refractivity contribution in [1.29, 1.82) is 0 Å². The largest absolute Gasteiger partial charge is 0.0619 e. The van der Waals surface area contributed by atoms with Crippen molar-refractivity contribution in [3.8, 4) is 44.5 Å². The van der Waals surface area contributed by atoms with Gasteiger partial charge in [0.2, 0.25) is 0 Å². The SMILES string of the molecule is c1ccc2c(c1)Cc1ccc3c(c1-2)-c1ccc2c(c1C3)Cc1ccc3c(c1-2)-c1ccccc1C3. The summed E-state index contributed by atoms with van der Waals surface area (Å²) in [5.41, 5.74) is 23.9. The normalized spacial score (nSPS) is 14.6. The van der Waals surface area contributed by atoms with Gasteiger partial charge in [0.15, 0.2) is 0 Å². The molecule has 0 aliphatic heterocycles. The highest BCUT2D eigenvalue weighted by atomic mass is 14.4. The molecule has 0 radical (unpaired) electrons. The minimum Gasteiger partial charge on any atom is -0.0619 e. The fourth-order valence-corrected chi connectivity index (χ4v) is 7.39. The molecule has 0 unspecified atom stereocenters. The number of benzene rings is 5. The number of hydrogen-bond donors (Lipinski definition) is 0. The molecule has 0 spiro atoms. The number of rotatable bonds is 0. The average Bonchev–Trinajstić information content (AvgIpc) is 3.61. The molecule has 0 atom stereocenters. The molecule has 0 saturated heterocycles. The summed E-state index contributed by atoms with van der Waals surface area (Å²) in [6.07, 6.45) is 4.26. The van der Waals surface area contributed by atoms with Gasteiger partial charge in [-0.3, -0.25) is 0 Å². The highest BCUT2D eigenvalue weighted by Crippen LogP contribution is 2.54. The zero-order chi connectivity index (χ0) is 22.0. The Labute approximate surface area is 199 Å². The number of hydrogen-bond acceptors (Lipinski definition) is 0.